The molecule has 140 valence electrons. The van der Waals surface area contributed by atoms with Crippen LogP contribution in [-0.4, -0.2) is 49.2 Å². The minimum atomic E-state index is 0.583. The topological polar surface area (TPSA) is 41.4 Å². The van der Waals surface area contributed by atoms with Gasteiger partial charge in [0.2, 0.25) is 0 Å². The quantitative estimate of drug-likeness (QED) is 0.616. The maximum Gasteiger partial charge on any atom is 0.297 e. The zero-order chi connectivity index (χ0) is 16.6. The molecule has 4 heteroatoms. The molecule has 6 rings (SSSR count). The molecule has 4 nitrogen and oxygen atoms in total. The summed E-state index contributed by atoms with van der Waals surface area (Å²) in [6.07, 6.45) is 14.4. The predicted octanol–water partition coefficient (Wildman–Crippen LogP) is 2.40. The Hall–Kier alpha value is -0.610. The number of nitrogens with two attached hydrogens (primary N) is 1. The highest BCUT2D eigenvalue weighted by atomic mass is 16.5. The zero-order valence-electron chi connectivity index (χ0n) is 15.7. The Morgan fingerprint density at radius 3 is 2.12 bits per heavy atom. The van der Waals surface area contributed by atoms with Crippen molar-refractivity contribution in [3.63, 3.8) is 0 Å². The molecule has 1 saturated heterocycles. The number of aliphatic imine (C=N–C) groups is 1. The maximum atomic E-state index is 5.61. The van der Waals surface area contributed by atoms with Crippen LogP contribution >= 0.6 is 0 Å². The van der Waals surface area contributed by atoms with Crippen molar-refractivity contribution in [3.05, 3.63) is 0 Å². The summed E-state index contributed by atoms with van der Waals surface area (Å²) >= 11 is 0. The first-order valence-corrected chi connectivity index (χ1v) is 11.1. The van der Waals surface area contributed by atoms with E-state index in [2.05, 4.69) is 10.2 Å². The Balaban J connectivity index is 1.33. The molecular weight excluding hydrogens is 310 g/mol. The van der Waals surface area contributed by atoms with E-state index in [1.165, 1.54) is 63.7 Å². The van der Waals surface area contributed by atoms with Crippen LogP contribution in [0.15, 0.2) is 4.99 Å². The molecule has 0 aromatic rings. The van der Waals surface area contributed by atoms with E-state index in [9.17, 15) is 0 Å². The van der Waals surface area contributed by atoms with Crippen molar-refractivity contribution in [2.75, 3.05) is 26.3 Å². The van der Waals surface area contributed by atoms with Gasteiger partial charge in [-0.05, 0) is 56.8 Å². The molecule has 2 N–H and O–H groups in total. The number of quaternary nitrogens is 1. The van der Waals surface area contributed by atoms with Crippen LogP contribution in [-0.2, 0) is 4.74 Å². The van der Waals surface area contributed by atoms with Crippen molar-refractivity contribution in [2.24, 2.45) is 28.7 Å². The van der Waals surface area contributed by atoms with E-state index in [0.717, 1.165) is 56.0 Å². The zero-order valence-corrected chi connectivity index (χ0v) is 15.7. The lowest BCUT2D eigenvalue weighted by molar-refractivity contribution is -0.616. The smallest absolute Gasteiger partial charge is 0.297 e. The minimum Gasteiger partial charge on any atom is -0.378 e. The summed E-state index contributed by atoms with van der Waals surface area (Å²) < 4.78 is 5.61. The molecule has 0 aromatic carbocycles. The molecule has 5 saturated carbocycles. The Kier molecular flexibility index (Phi) is 4.76. The number of nitrogens with zero attached hydrogens (tertiary/aromatic N) is 2. The summed E-state index contributed by atoms with van der Waals surface area (Å²) in [5, 5.41) is 2.66. The van der Waals surface area contributed by atoms with Crippen molar-refractivity contribution in [2.45, 2.75) is 76.3 Å². The number of morpholine rings is 1. The van der Waals surface area contributed by atoms with Crippen molar-refractivity contribution < 1.29 is 10.1 Å². The average Bonchev–Trinajstić information content (AvgIpc) is 2.65. The van der Waals surface area contributed by atoms with E-state index in [1.807, 2.05) is 0 Å². The van der Waals surface area contributed by atoms with Crippen LogP contribution < -0.4 is 5.32 Å². The molecule has 6 aliphatic rings. The molecule has 0 amide bonds. The van der Waals surface area contributed by atoms with E-state index in [4.69, 9.17) is 9.73 Å². The van der Waals surface area contributed by atoms with Gasteiger partial charge in [-0.15, -0.1) is 0 Å². The van der Waals surface area contributed by atoms with E-state index in [0.29, 0.717) is 6.04 Å². The molecule has 0 atom stereocenters. The normalized spacial score (nSPS) is 42.2. The molecule has 0 aromatic heterocycles. The van der Waals surface area contributed by atoms with Gasteiger partial charge in [-0.25, -0.2) is 4.99 Å². The molecule has 5 aliphatic carbocycles. The van der Waals surface area contributed by atoms with Crippen molar-refractivity contribution >= 4 is 5.96 Å². The number of hydrogen-bond acceptors (Lipinski definition) is 2. The third-order valence-electron chi connectivity index (χ3n) is 7.87. The van der Waals surface area contributed by atoms with Gasteiger partial charge in [0.15, 0.2) is 0 Å². The molecule has 0 spiro atoms. The molecule has 6 fully saturated rings. The first-order valence-electron chi connectivity index (χ1n) is 11.1. The van der Waals surface area contributed by atoms with E-state index < -0.39 is 0 Å². The van der Waals surface area contributed by atoms with Crippen molar-refractivity contribution in [3.8, 4) is 0 Å². The third-order valence-corrected chi connectivity index (χ3v) is 7.87. The molecule has 0 unspecified atom stereocenters. The van der Waals surface area contributed by atoms with Gasteiger partial charge in [0.25, 0.3) is 5.96 Å². The SMILES string of the molecule is C1CCC(N=C([NH2+]C2C3CC4CC(C3)CC2C4)N2CCOCC2)CC1. The molecule has 25 heavy (non-hydrogen) atoms. The summed E-state index contributed by atoms with van der Waals surface area (Å²) in [6, 6.07) is 1.40. The monoisotopic (exact) mass is 346 g/mol. The highest BCUT2D eigenvalue weighted by Gasteiger charge is 2.51. The first kappa shape index (κ1) is 16.6. The lowest BCUT2D eigenvalue weighted by atomic mass is 9.54. The summed E-state index contributed by atoms with van der Waals surface area (Å²) in [5.74, 6) is 5.42. The van der Waals surface area contributed by atoms with Gasteiger partial charge < -0.3 is 9.64 Å². The van der Waals surface area contributed by atoms with E-state index in [1.54, 1.807) is 6.42 Å². The molecule has 0 radical (unpaired) electrons. The highest BCUT2D eigenvalue weighted by molar-refractivity contribution is 5.70. The molecule has 1 aliphatic heterocycles. The van der Waals surface area contributed by atoms with E-state index in [-0.39, 0.29) is 0 Å². The fourth-order valence-corrected chi connectivity index (χ4v) is 6.83. The summed E-state index contributed by atoms with van der Waals surface area (Å²) in [4.78, 5) is 7.89. The van der Waals surface area contributed by atoms with Gasteiger partial charge in [0.1, 0.15) is 0 Å². The number of hydrogen-bond donors (Lipinski definition) is 1. The largest absolute Gasteiger partial charge is 0.378 e. The summed E-state index contributed by atoms with van der Waals surface area (Å²) in [5.41, 5.74) is 0. The van der Waals surface area contributed by atoms with Crippen LogP contribution in [0.2, 0.25) is 0 Å². The van der Waals surface area contributed by atoms with Gasteiger partial charge in [-0.3, -0.25) is 5.32 Å². The van der Waals surface area contributed by atoms with Crippen LogP contribution in [0.25, 0.3) is 0 Å². The second-order valence-electron chi connectivity index (χ2n) is 9.55. The first-order chi connectivity index (χ1) is 12.3. The predicted molar refractivity (Wildman–Crippen MR) is 99.5 cm³/mol. The second kappa shape index (κ2) is 7.19. The number of guanidine groups is 1. The lowest BCUT2D eigenvalue weighted by Gasteiger charge is -2.52. The molecule has 1 heterocycles. The highest BCUT2D eigenvalue weighted by Crippen LogP contribution is 2.52. The van der Waals surface area contributed by atoms with Crippen molar-refractivity contribution in [1.82, 2.24) is 4.90 Å². The van der Waals surface area contributed by atoms with Crippen LogP contribution in [0.3, 0.4) is 0 Å². The average molecular weight is 347 g/mol. The van der Waals surface area contributed by atoms with Crippen molar-refractivity contribution in [1.29, 1.82) is 0 Å². The lowest BCUT2D eigenvalue weighted by Crippen LogP contribution is -2.99. The molecular formula is C21H36N3O+. The number of rotatable bonds is 2. The van der Waals surface area contributed by atoms with Crippen LogP contribution in [0, 0.1) is 23.7 Å². The standard InChI is InChI=1S/C21H35N3O/c1-2-4-19(5-3-1)22-21(24-6-8-25-9-7-24)23-20-17-11-15-10-16(13-17)14-18(20)12-15/h15-20H,1-14H2,(H,22,23)/p+1. The van der Waals surface area contributed by atoms with Gasteiger partial charge in [0, 0.05) is 24.9 Å². The Bertz CT molecular complexity index is 465. The Morgan fingerprint density at radius 2 is 1.48 bits per heavy atom. The van der Waals surface area contributed by atoms with Gasteiger partial charge in [-0.1, -0.05) is 19.3 Å². The van der Waals surface area contributed by atoms with Crippen LogP contribution in [0.1, 0.15) is 64.2 Å². The fraction of sp³-hybridized carbons (Fsp3) is 0.952. The Labute approximate surface area is 152 Å². The molecule has 4 bridgehead atoms. The van der Waals surface area contributed by atoms with Gasteiger partial charge in [0.05, 0.1) is 25.3 Å². The van der Waals surface area contributed by atoms with Crippen LogP contribution in [0.5, 0.6) is 0 Å². The Morgan fingerprint density at radius 1 is 0.840 bits per heavy atom. The third kappa shape index (κ3) is 3.49. The van der Waals surface area contributed by atoms with Crippen LogP contribution in [0.4, 0.5) is 0 Å². The van der Waals surface area contributed by atoms with Gasteiger partial charge >= 0.3 is 0 Å². The van der Waals surface area contributed by atoms with Gasteiger partial charge in [-0.2, -0.15) is 0 Å². The fourth-order valence-electron chi connectivity index (χ4n) is 6.83. The van der Waals surface area contributed by atoms with E-state index >= 15 is 0 Å². The summed E-state index contributed by atoms with van der Waals surface area (Å²) in [6.45, 7) is 3.82. The minimum absolute atomic E-state index is 0.583. The summed E-state index contributed by atoms with van der Waals surface area (Å²) in [7, 11) is 0. The maximum absolute atomic E-state index is 5.61. The number of ether oxygens (including phenoxy) is 1. The second-order valence-corrected chi connectivity index (χ2v) is 9.55.